The number of pyridine rings is 1. The van der Waals surface area contributed by atoms with E-state index in [-0.39, 0.29) is 30.8 Å². The number of carbonyl (C=O) groups is 4. The van der Waals surface area contributed by atoms with E-state index in [1.807, 2.05) is 0 Å². The molecule has 0 spiro atoms. The molecule has 0 radical (unpaired) electrons. The van der Waals surface area contributed by atoms with Gasteiger partial charge < -0.3 is 57.4 Å². The van der Waals surface area contributed by atoms with Crippen molar-refractivity contribution in [1.29, 1.82) is 0 Å². The van der Waals surface area contributed by atoms with Crippen molar-refractivity contribution in [2.75, 3.05) is 42.9 Å². The highest BCUT2D eigenvalue weighted by Crippen LogP contribution is 2.27. The van der Waals surface area contributed by atoms with Crippen molar-refractivity contribution in [3.63, 3.8) is 0 Å². The van der Waals surface area contributed by atoms with Gasteiger partial charge in [-0.25, -0.2) is 18.8 Å². The summed E-state index contributed by atoms with van der Waals surface area (Å²) in [6, 6.07) is 7.90. The largest absolute Gasteiger partial charge is 0.477 e. The van der Waals surface area contributed by atoms with Crippen LogP contribution in [-0.4, -0.2) is 82.9 Å². The van der Waals surface area contributed by atoms with Crippen LogP contribution in [0.25, 0.3) is 10.9 Å². The average molecular weight is 736 g/mol. The predicted molar refractivity (Wildman–Crippen MR) is 199 cm³/mol. The second-order valence-electron chi connectivity index (χ2n) is 13.0. The lowest BCUT2D eigenvalue weighted by molar-refractivity contribution is -0.116. The number of nitrogens with one attached hydrogen (secondary N) is 3. The zero-order valence-electron chi connectivity index (χ0n) is 29.9. The Morgan fingerprint density at radius 1 is 1.08 bits per heavy atom. The third kappa shape index (κ3) is 10.5. The van der Waals surface area contributed by atoms with Gasteiger partial charge in [0, 0.05) is 68.4 Å². The van der Waals surface area contributed by atoms with Gasteiger partial charge in [0.1, 0.15) is 24.0 Å². The second-order valence-corrected chi connectivity index (χ2v) is 13.0. The van der Waals surface area contributed by atoms with Gasteiger partial charge in [-0.3, -0.25) is 9.59 Å². The number of anilines is 2. The SMILES string of the molecule is CCn1cc(C(=O)O)c(=O)c2cc(F)c(N3CCN(C(=O)OCc4ccc(NC(=O)C(/C=C/CCNC(N)=O)N/C=C(\N)C(C)(C)N)cc4)CC3)cc21. The molecule has 0 saturated carbocycles. The Labute approximate surface area is 305 Å². The fourth-order valence-corrected chi connectivity index (χ4v) is 5.42. The number of benzene rings is 2. The molecule has 1 saturated heterocycles. The molecule has 1 aliphatic rings. The van der Waals surface area contributed by atoms with Gasteiger partial charge in [-0.05, 0) is 57.0 Å². The van der Waals surface area contributed by atoms with Crippen LogP contribution in [0, 0.1) is 5.82 Å². The van der Waals surface area contributed by atoms with E-state index >= 15 is 4.39 Å². The number of fused-ring (bicyclic) bond motifs is 1. The Hall–Kier alpha value is -6.10. The molecule has 284 valence electrons. The standard InChI is InChI=1S/C36H46FN9O7/c1-4-44-20-25(33(49)50)31(47)24-17-26(37)29(18-28(24)44)45-13-15-46(16-14-45)35(52)53-21-22-8-10-23(11-9-22)43-32(48)27(7-5-6-12-41-34(39)51)42-19-30(38)36(2,3)40/h5,7-11,17-20,27,42H,4,6,12-16,21,38,40H2,1-3H3,(H,43,48)(H,49,50)(H3,39,41,51)/b7-5+,30-19-. The number of urea groups is 1. The highest BCUT2D eigenvalue weighted by atomic mass is 19.1. The number of halogens is 1. The van der Waals surface area contributed by atoms with Crippen molar-refractivity contribution < 1.29 is 33.4 Å². The Morgan fingerprint density at radius 2 is 1.75 bits per heavy atom. The number of rotatable bonds is 14. The molecule has 4 amide bonds. The maximum atomic E-state index is 15.3. The van der Waals surface area contributed by atoms with Crippen molar-refractivity contribution in [1.82, 2.24) is 20.1 Å². The minimum absolute atomic E-state index is 0.0160. The summed E-state index contributed by atoms with van der Waals surface area (Å²) in [5.74, 6) is -2.43. The monoisotopic (exact) mass is 735 g/mol. The average Bonchev–Trinajstić information content (AvgIpc) is 3.11. The Balaban J connectivity index is 1.32. The topological polar surface area (TPSA) is 240 Å². The van der Waals surface area contributed by atoms with Crippen molar-refractivity contribution in [3.05, 3.63) is 93.8 Å². The lowest BCUT2D eigenvalue weighted by Gasteiger charge is -2.35. The van der Waals surface area contributed by atoms with Crippen LogP contribution in [0.3, 0.4) is 0 Å². The van der Waals surface area contributed by atoms with Gasteiger partial charge in [-0.1, -0.05) is 24.3 Å². The van der Waals surface area contributed by atoms with Crippen LogP contribution >= 0.6 is 0 Å². The summed E-state index contributed by atoms with van der Waals surface area (Å²) in [7, 11) is 0. The second kappa shape index (κ2) is 17.4. The highest BCUT2D eigenvalue weighted by Gasteiger charge is 2.26. The summed E-state index contributed by atoms with van der Waals surface area (Å²) in [4.78, 5) is 64.5. The molecule has 1 atom stereocenters. The van der Waals surface area contributed by atoms with Gasteiger partial charge in [0.25, 0.3) is 5.91 Å². The van der Waals surface area contributed by atoms with E-state index < -0.39 is 52.4 Å². The number of primary amides is 1. The summed E-state index contributed by atoms with van der Waals surface area (Å²) in [5.41, 5.74) is 17.3. The smallest absolute Gasteiger partial charge is 0.410 e. The van der Waals surface area contributed by atoms with Crippen LogP contribution in [0.1, 0.15) is 43.1 Å². The molecule has 0 bridgehead atoms. The van der Waals surface area contributed by atoms with Crippen LogP contribution in [0.5, 0.6) is 0 Å². The van der Waals surface area contributed by atoms with Crippen molar-refractivity contribution in [2.24, 2.45) is 17.2 Å². The molecule has 4 rings (SSSR count). The highest BCUT2D eigenvalue weighted by molar-refractivity contribution is 5.96. The van der Waals surface area contributed by atoms with Gasteiger partial charge in [0.2, 0.25) is 5.43 Å². The fraction of sp³-hybridized carbons (Fsp3) is 0.361. The van der Waals surface area contributed by atoms with E-state index in [1.165, 1.54) is 23.4 Å². The number of piperazine rings is 1. The van der Waals surface area contributed by atoms with Crippen molar-refractivity contribution in [3.8, 4) is 0 Å². The van der Waals surface area contributed by atoms with Gasteiger partial charge in [0.05, 0.1) is 16.7 Å². The third-order valence-electron chi connectivity index (χ3n) is 8.57. The van der Waals surface area contributed by atoms with Crippen LogP contribution in [0.2, 0.25) is 0 Å². The lowest BCUT2D eigenvalue weighted by Crippen LogP contribution is -2.49. The summed E-state index contributed by atoms with van der Waals surface area (Å²) < 4.78 is 22.4. The first kappa shape index (κ1) is 39.7. The number of carboxylic acid groups (broad SMARTS) is 1. The van der Waals surface area contributed by atoms with E-state index in [0.717, 1.165) is 6.07 Å². The number of aryl methyl sites for hydroxylation is 1. The molecule has 1 aliphatic heterocycles. The number of aromatic carboxylic acids is 1. The number of hydrogen-bond donors (Lipinski definition) is 7. The minimum Gasteiger partial charge on any atom is -0.477 e. The molecule has 53 heavy (non-hydrogen) atoms. The number of amides is 4. The molecule has 3 aromatic rings. The van der Waals surface area contributed by atoms with Crippen molar-refractivity contribution in [2.45, 2.75) is 51.9 Å². The van der Waals surface area contributed by atoms with E-state index in [2.05, 4.69) is 16.0 Å². The molecule has 10 N–H and O–H groups in total. The number of aromatic nitrogens is 1. The predicted octanol–water partition coefficient (Wildman–Crippen LogP) is 2.37. The van der Waals surface area contributed by atoms with E-state index in [0.29, 0.717) is 55.1 Å². The number of nitrogens with two attached hydrogens (primary N) is 3. The van der Waals surface area contributed by atoms with Gasteiger partial charge in [-0.15, -0.1) is 0 Å². The zero-order chi connectivity index (χ0) is 38.9. The molecule has 2 heterocycles. The van der Waals surface area contributed by atoms with Crippen LogP contribution < -0.4 is 43.5 Å². The summed E-state index contributed by atoms with van der Waals surface area (Å²) in [5, 5.41) is 17.6. The van der Waals surface area contributed by atoms with Crippen LogP contribution in [0.4, 0.5) is 25.4 Å². The first-order chi connectivity index (χ1) is 25.1. The summed E-state index contributed by atoms with van der Waals surface area (Å²) in [6.45, 7) is 7.02. The third-order valence-corrected chi connectivity index (χ3v) is 8.57. The number of carboxylic acids is 1. The molecule has 1 unspecified atom stereocenters. The Kier molecular flexibility index (Phi) is 13.0. The fourth-order valence-electron chi connectivity index (χ4n) is 5.42. The van der Waals surface area contributed by atoms with Crippen molar-refractivity contribution >= 4 is 46.3 Å². The molecule has 0 aliphatic carbocycles. The molecule has 1 fully saturated rings. The number of carbonyl (C=O) groups excluding carboxylic acids is 3. The first-order valence-corrected chi connectivity index (χ1v) is 17.0. The number of nitrogens with zero attached hydrogens (tertiary/aromatic N) is 3. The lowest BCUT2D eigenvalue weighted by atomic mass is 10.0. The molecule has 1 aromatic heterocycles. The minimum atomic E-state index is -1.38. The zero-order valence-corrected chi connectivity index (χ0v) is 29.9. The quantitative estimate of drug-likeness (QED) is 0.0937. The Morgan fingerprint density at radius 3 is 2.36 bits per heavy atom. The maximum Gasteiger partial charge on any atom is 0.410 e. The van der Waals surface area contributed by atoms with E-state index in [9.17, 15) is 29.1 Å². The van der Waals surface area contributed by atoms with Gasteiger partial charge in [-0.2, -0.15) is 0 Å². The van der Waals surface area contributed by atoms with Gasteiger partial charge in [0.15, 0.2) is 0 Å². The Bertz CT molecular complexity index is 1950. The number of ether oxygens (including phenoxy) is 1. The van der Waals surface area contributed by atoms with Crippen LogP contribution in [-0.2, 0) is 22.7 Å². The molecule has 17 heteroatoms. The van der Waals surface area contributed by atoms with Gasteiger partial charge >= 0.3 is 18.1 Å². The van der Waals surface area contributed by atoms with Crippen LogP contribution in [0.15, 0.2) is 71.4 Å². The van der Waals surface area contributed by atoms with E-state index in [4.69, 9.17) is 21.9 Å². The summed E-state index contributed by atoms with van der Waals surface area (Å²) in [6.07, 6.45) is 5.97. The molecule has 2 aromatic carbocycles. The molecule has 16 nitrogen and oxygen atoms in total. The molecular formula is C36H46FN9O7. The van der Waals surface area contributed by atoms with E-state index in [1.54, 1.807) is 66.7 Å². The maximum absolute atomic E-state index is 15.3. The number of hydrogen-bond acceptors (Lipinski definition) is 10. The molecular weight excluding hydrogens is 689 g/mol. The first-order valence-electron chi connectivity index (χ1n) is 17.0. The normalized spacial score (nSPS) is 14.2. The summed E-state index contributed by atoms with van der Waals surface area (Å²) >= 11 is 0.